The third-order valence-electron chi connectivity index (χ3n) is 5.35. The number of carbonyl (C=O) groups excluding carboxylic acids is 1. The van der Waals surface area contributed by atoms with E-state index in [-0.39, 0.29) is 23.0 Å². The van der Waals surface area contributed by atoms with Gasteiger partial charge in [0, 0.05) is 34.1 Å². The van der Waals surface area contributed by atoms with E-state index in [1.807, 2.05) is 53.9 Å². The number of hydrogen-bond acceptors (Lipinski definition) is 6. The zero-order chi connectivity index (χ0) is 23.8. The molecule has 168 valence electrons. The fourth-order valence-electron chi connectivity index (χ4n) is 3.66. The molecule has 0 radical (unpaired) electrons. The zero-order valence-electron chi connectivity index (χ0n) is 17.8. The molecule has 3 aromatic carbocycles. The zero-order valence-corrected chi connectivity index (χ0v) is 20.2. The molecule has 1 aliphatic rings. The minimum absolute atomic E-state index is 0.109. The Bertz CT molecular complexity index is 1540. The van der Waals surface area contributed by atoms with Crippen molar-refractivity contribution < 1.29 is 9.72 Å². The molecule has 1 amide bonds. The molecule has 1 aromatic heterocycles. The van der Waals surface area contributed by atoms with Crippen molar-refractivity contribution in [2.24, 2.45) is 10.1 Å². The predicted molar refractivity (Wildman–Crippen MR) is 136 cm³/mol. The molecular weight excluding hydrogens is 518 g/mol. The SMILES string of the molecule is CN1C(=O)C(=Nn2c(-c3ccc(Br)cc3)csc2=Nc2ccccc2[N+](=O)[O-])c2ccccc21. The third-order valence-corrected chi connectivity index (χ3v) is 6.69. The van der Waals surface area contributed by atoms with E-state index >= 15 is 0 Å². The number of para-hydroxylation sites is 3. The summed E-state index contributed by atoms with van der Waals surface area (Å²) in [7, 11) is 1.70. The van der Waals surface area contributed by atoms with Gasteiger partial charge in [0.25, 0.3) is 11.6 Å². The summed E-state index contributed by atoms with van der Waals surface area (Å²) >= 11 is 4.73. The molecule has 8 nitrogen and oxygen atoms in total. The van der Waals surface area contributed by atoms with Gasteiger partial charge in [-0.25, -0.2) is 9.67 Å². The summed E-state index contributed by atoms with van der Waals surface area (Å²) in [6.07, 6.45) is 0. The van der Waals surface area contributed by atoms with E-state index in [0.29, 0.717) is 16.1 Å². The van der Waals surface area contributed by atoms with Crippen LogP contribution in [-0.4, -0.2) is 28.3 Å². The van der Waals surface area contributed by atoms with Gasteiger partial charge < -0.3 is 4.90 Å². The summed E-state index contributed by atoms with van der Waals surface area (Å²) in [6, 6.07) is 21.4. The standard InChI is InChI=1S/C24H16BrN5O3S/c1-28-19-8-4-2-6-17(19)22(23(28)31)27-29-21(15-10-12-16(25)13-11-15)14-34-24(29)26-18-7-3-5-9-20(18)30(32)33/h2-14H,1H3. The second kappa shape index (κ2) is 8.81. The maximum absolute atomic E-state index is 13.1. The lowest BCUT2D eigenvalue weighted by Crippen LogP contribution is -2.27. The Labute approximate surface area is 206 Å². The van der Waals surface area contributed by atoms with E-state index in [0.717, 1.165) is 15.7 Å². The second-order valence-corrected chi connectivity index (χ2v) is 9.16. The van der Waals surface area contributed by atoms with Crippen molar-refractivity contribution >= 4 is 55.9 Å². The number of rotatable bonds is 4. The summed E-state index contributed by atoms with van der Waals surface area (Å²) in [5.74, 6) is -0.238. The highest BCUT2D eigenvalue weighted by molar-refractivity contribution is 9.10. The van der Waals surface area contributed by atoms with Crippen LogP contribution in [0.4, 0.5) is 17.1 Å². The Hall–Kier alpha value is -3.89. The van der Waals surface area contributed by atoms with Crippen LogP contribution >= 0.6 is 27.3 Å². The van der Waals surface area contributed by atoms with Gasteiger partial charge in [-0.3, -0.25) is 14.9 Å². The number of anilines is 1. The van der Waals surface area contributed by atoms with Crippen molar-refractivity contribution in [2.45, 2.75) is 0 Å². The third kappa shape index (κ3) is 3.87. The summed E-state index contributed by atoms with van der Waals surface area (Å²) in [5.41, 5.74) is 3.43. The number of halogens is 1. The fraction of sp³-hybridized carbons (Fsp3) is 0.0417. The van der Waals surface area contributed by atoms with Gasteiger partial charge in [-0.2, -0.15) is 5.10 Å². The molecular formula is C24H16BrN5O3S. The highest BCUT2D eigenvalue weighted by Crippen LogP contribution is 2.30. The topological polar surface area (TPSA) is 93.1 Å². The lowest BCUT2D eigenvalue weighted by molar-refractivity contribution is -0.384. The number of aromatic nitrogens is 1. The average Bonchev–Trinajstić information content (AvgIpc) is 3.34. The van der Waals surface area contributed by atoms with Gasteiger partial charge >= 0.3 is 0 Å². The highest BCUT2D eigenvalue weighted by atomic mass is 79.9. The van der Waals surface area contributed by atoms with E-state index in [1.54, 1.807) is 34.8 Å². The number of thiazole rings is 1. The van der Waals surface area contributed by atoms with Crippen LogP contribution in [-0.2, 0) is 4.79 Å². The maximum Gasteiger partial charge on any atom is 0.294 e. The van der Waals surface area contributed by atoms with Crippen LogP contribution in [0, 0.1) is 10.1 Å². The molecule has 34 heavy (non-hydrogen) atoms. The van der Waals surface area contributed by atoms with Crippen LogP contribution in [0.5, 0.6) is 0 Å². The first-order valence-electron chi connectivity index (χ1n) is 10.1. The molecule has 1 aliphatic heterocycles. The number of nitrogens with zero attached hydrogens (tertiary/aromatic N) is 5. The van der Waals surface area contributed by atoms with Crippen LogP contribution in [0.3, 0.4) is 0 Å². The molecule has 0 atom stereocenters. The minimum atomic E-state index is -0.468. The Morgan fingerprint density at radius 3 is 2.47 bits per heavy atom. The lowest BCUT2D eigenvalue weighted by atomic mass is 10.1. The first kappa shape index (κ1) is 21.9. The number of amides is 1. The maximum atomic E-state index is 13.1. The number of nitro groups is 1. The second-order valence-electron chi connectivity index (χ2n) is 7.41. The molecule has 0 fully saturated rings. The van der Waals surface area contributed by atoms with Gasteiger partial charge in [0.1, 0.15) is 5.69 Å². The summed E-state index contributed by atoms with van der Waals surface area (Å²) < 4.78 is 2.50. The van der Waals surface area contributed by atoms with Gasteiger partial charge in [-0.05, 0) is 24.3 Å². The Kier molecular flexibility index (Phi) is 5.68. The molecule has 10 heteroatoms. The van der Waals surface area contributed by atoms with Crippen molar-refractivity contribution in [2.75, 3.05) is 11.9 Å². The van der Waals surface area contributed by atoms with E-state index in [9.17, 15) is 14.9 Å². The van der Waals surface area contributed by atoms with E-state index in [4.69, 9.17) is 5.10 Å². The highest BCUT2D eigenvalue weighted by Gasteiger charge is 2.31. The number of likely N-dealkylation sites (N-methyl/N-ethyl adjacent to an activating group) is 1. The Balaban J connectivity index is 1.77. The molecule has 0 spiro atoms. The number of benzene rings is 3. The first-order valence-corrected chi connectivity index (χ1v) is 11.8. The van der Waals surface area contributed by atoms with E-state index < -0.39 is 4.92 Å². The van der Waals surface area contributed by atoms with Crippen LogP contribution in [0.15, 0.2) is 92.7 Å². The largest absolute Gasteiger partial charge is 0.309 e. The van der Waals surface area contributed by atoms with Crippen LogP contribution < -0.4 is 9.70 Å². The van der Waals surface area contributed by atoms with Crippen molar-refractivity contribution in [3.05, 3.63) is 103 Å². The van der Waals surface area contributed by atoms with Gasteiger partial charge in [0.2, 0.25) is 4.80 Å². The molecule has 0 unspecified atom stereocenters. The summed E-state index contributed by atoms with van der Waals surface area (Å²) in [6.45, 7) is 0. The summed E-state index contributed by atoms with van der Waals surface area (Å²) in [4.78, 5) is 30.6. The van der Waals surface area contributed by atoms with Crippen LogP contribution in [0.2, 0.25) is 0 Å². The number of hydrogen-bond donors (Lipinski definition) is 0. The van der Waals surface area contributed by atoms with E-state index in [2.05, 4.69) is 20.9 Å². The number of carbonyl (C=O) groups is 1. The van der Waals surface area contributed by atoms with Crippen molar-refractivity contribution in [1.29, 1.82) is 0 Å². The van der Waals surface area contributed by atoms with Crippen molar-refractivity contribution in [1.82, 2.24) is 4.68 Å². The molecule has 0 bridgehead atoms. The van der Waals surface area contributed by atoms with Crippen molar-refractivity contribution in [3.63, 3.8) is 0 Å². The molecule has 0 saturated carbocycles. The van der Waals surface area contributed by atoms with E-state index in [1.165, 1.54) is 17.4 Å². The smallest absolute Gasteiger partial charge is 0.294 e. The Morgan fingerprint density at radius 2 is 1.71 bits per heavy atom. The predicted octanol–water partition coefficient (Wildman–Crippen LogP) is 5.35. The summed E-state index contributed by atoms with van der Waals surface area (Å²) in [5, 5.41) is 18.1. The monoisotopic (exact) mass is 533 g/mol. The molecule has 0 saturated heterocycles. The molecule has 4 aromatic rings. The quantitative estimate of drug-likeness (QED) is 0.261. The normalized spacial score (nSPS) is 14.6. The number of fused-ring (bicyclic) bond motifs is 1. The van der Waals surface area contributed by atoms with Crippen LogP contribution in [0.1, 0.15) is 5.56 Å². The van der Waals surface area contributed by atoms with Gasteiger partial charge in [-0.1, -0.05) is 58.4 Å². The van der Waals surface area contributed by atoms with Gasteiger partial charge in [-0.15, -0.1) is 11.3 Å². The molecule has 0 aliphatic carbocycles. The minimum Gasteiger partial charge on any atom is -0.309 e. The molecule has 0 N–H and O–H groups in total. The lowest BCUT2D eigenvalue weighted by Gasteiger charge is -2.08. The van der Waals surface area contributed by atoms with Crippen LogP contribution in [0.25, 0.3) is 11.3 Å². The first-order chi connectivity index (χ1) is 16.4. The average molecular weight is 534 g/mol. The van der Waals surface area contributed by atoms with Gasteiger partial charge in [0.05, 0.1) is 16.3 Å². The van der Waals surface area contributed by atoms with Gasteiger partial charge in [0.15, 0.2) is 5.71 Å². The molecule has 2 heterocycles. The molecule has 5 rings (SSSR count). The Morgan fingerprint density at radius 1 is 1.00 bits per heavy atom. The number of nitro benzene ring substituents is 1. The fourth-order valence-corrected chi connectivity index (χ4v) is 4.76. The van der Waals surface area contributed by atoms with Crippen molar-refractivity contribution in [3.8, 4) is 11.3 Å².